The van der Waals surface area contributed by atoms with Gasteiger partial charge in [0.25, 0.3) is 0 Å². The van der Waals surface area contributed by atoms with Crippen molar-refractivity contribution in [3.63, 3.8) is 0 Å². The number of urea groups is 1. The lowest BCUT2D eigenvalue weighted by atomic mass is 9.96. The quantitative estimate of drug-likeness (QED) is 0.796. The van der Waals surface area contributed by atoms with Crippen LogP contribution >= 0.6 is 0 Å². The smallest absolute Gasteiger partial charge is 0.317 e. The Kier molecular flexibility index (Phi) is 5.10. The van der Waals surface area contributed by atoms with Crippen molar-refractivity contribution in [2.75, 3.05) is 13.6 Å². The molecule has 1 saturated carbocycles. The van der Waals surface area contributed by atoms with Gasteiger partial charge < -0.3 is 10.2 Å². The second-order valence-corrected chi connectivity index (χ2v) is 4.70. The molecule has 0 aromatic heterocycles. The lowest BCUT2D eigenvalue weighted by Gasteiger charge is -2.26. The number of rotatable bonds is 3. The molecule has 1 fully saturated rings. The van der Waals surface area contributed by atoms with Crippen LogP contribution < -0.4 is 5.32 Å². The van der Waals surface area contributed by atoms with Gasteiger partial charge in [-0.1, -0.05) is 19.3 Å². The van der Waals surface area contributed by atoms with Crippen LogP contribution in [0.5, 0.6) is 0 Å². The van der Waals surface area contributed by atoms with Crippen LogP contribution in [0.1, 0.15) is 39.0 Å². The molecule has 90 valence electrons. The fourth-order valence-electron chi connectivity index (χ4n) is 2.07. The van der Waals surface area contributed by atoms with E-state index in [1.807, 2.05) is 6.92 Å². The second kappa shape index (κ2) is 6.37. The highest BCUT2D eigenvalue weighted by atomic mass is 16.2. The van der Waals surface area contributed by atoms with E-state index in [1.165, 1.54) is 19.3 Å². The van der Waals surface area contributed by atoms with Crippen molar-refractivity contribution in [1.29, 1.82) is 5.26 Å². The normalized spacial score (nSPS) is 18.6. The molecule has 0 aromatic carbocycles. The summed E-state index contributed by atoms with van der Waals surface area (Å²) in [6, 6.07) is 2.42. The minimum Gasteiger partial charge on any atom is -0.335 e. The highest BCUT2D eigenvalue weighted by Gasteiger charge is 2.18. The number of carbonyl (C=O) groups is 1. The zero-order chi connectivity index (χ0) is 12.0. The van der Waals surface area contributed by atoms with E-state index in [-0.39, 0.29) is 11.9 Å². The highest BCUT2D eigenvalue weighted by Crippen LogP contribution is 2.17. The molecule has 1 aliphatic rings. The van der Waals surface area contributed by atoms with E-state index in [2.05, 4.69) is 11.4 Å². The standard InChI is InChI=1S/C12H21N3O/c1-10(8-13)9-15(2)12(16)14-11-6-4-3-5-7-11/h10-11H,3-7,9H2,1-2H3,(H,14,16). The van der Waals surface area contributed by atoms with Crippen LogP contribution in [0.2, 0.25) is 0 Å². The molecule has 0 aromatic rings. The van der Waals surface area contributed by atoms with Gasteiger partial charge in [-0.2, -0.15) is 5.26 Å². The molecule has 0 heterocycles. The van der Waals surface area contributed by atoms with Crippen molar-refractivity contribution >= 4 is 6.03 Å². The molecule has 1 unspecified atom stereocenters. The lowest BCUT2D eigenvalue weighted by molar-refractivity contribution is 0.197. The zero-order valence-electron chi connectivity index (χ0n) is 10.2. The Bertz CT molecular complexity index is 266. The molecular weight excluding hydrogens is 202 g/mol. The van der Waals surface area contributed by atoms with Crippen molar-refractivity contribution in [2.45, 2.75) is 45.1 Å². The summed E-state index contributed by atoms with van der Waals surface area (Å²) in [5, 5.41) is 11.7. The van der Waals surface area contributed by atoms with Crippen molar-refractivity contribution in [1.82, 2.24) is 10.2 Å². The Morgan fingerprint density at radius 3 is 2.69 bits per heavy atom. The summed E-state index contributed by atoms with van der Waals surface area (Å²) < 4.78 is 0. The van der Waals surface area contributed by atoms with E-state index in [0.29, 0.717) is 12.6 Å². The van der Waals surface area contributed by atoms with E-state index in [1.54, 1.807) is 11.9 Å². The van der Waals surface area contributed by atoms with Crippen molar-refractivity contribution in [2.24, 2.45) is 5.92 Å². The molecule has 0 saturated heterocycles. The van der Waals surface area contributed by atoms with Gasteiger partial charge in [0, 0.05) is 19.6 Å². The van der Waals surface area contributed by atoms with Crippen molar-refractivity contribution in [3.8, 4) is 6.07 Å². The second-order valence-electron chi connectivity index (χ2n) is 4.70. The predicted molar refractivity (Wildman–Crippen MR) is 62.8 cm³/mol. The van der Waals surface area contributed by atoms with E-state index >= 15 is 0 Å². The topological polar surface area (TPSA) is 56.1 Å². The van der Waals surface area contributed by atoms with Gasteiger partial charge in [0.2, 0.25) is 0 Å². The molecule has 1 atom stereocenters. The van der Waals surface area contributed by atoms with E-state index in [4.69, 9.17) is 5.26 Å². The van der Waals surface area contributed by atoms with Crippen molar-refractivity contribution in [3.05, 3.63) is 0 Å². The first-order valence-electron chi connectivity index (χ1n) is 6.04. The third kappa shape index (κ3) is 4.09. The number of hydrogen-bond acceptors (Lipinski definition) is 2. The van der Waals surface area contributed by atoms with Gasteiger partial charge in [-0.15, -0.1) is 0 Å². The molecule has 1 rings (SSSR count). The van der Waals surface area contributed by atoms with E-state index in [9.17, 15) is 4.79 Å². The third-order valence-electron chi connectivity index (χ3n) is 3.05. The maximum absolute atomic E-state index is 11.8. The first kappa shape index (κ1) is 12.8. The molecule has 16 heavy (non-hydrogen) atoms. The summed E-state index contributed by atoms with van der Waals surface area (Å²) in [4.78, 5) is 13.4. The van der Waals surface area contributed by atoms with Crippen LogP contribution in [0, 0.1) is 17.2 Å². The maximum Gasteiger partial charge on any atom is 0.317 e. The lowest BCUT2D eigenvalue weighted by Crippen LogP contribution is -2.44. The zero-order valence-corrected chi connectivity index (χ0v) is 10.2. The van der Waals surface area contributed by atoms with Gasteiger partial charge in [-0.05, 0) is 19.8 Å². The highest BCUT2D eigenvalue weighted by molar-refractivity contribution is 5.74. The van der Waals surface area contributed by atoms with Crippen LogP contribution in [0.4, 0.5) is 4.79 Å². The summed E-state index contributed by atoms with van der Waals surface area (Å²) >= 11 is 0. The number of hydrogen-bond donors (Lipinski definition) is 1. The van der Waals surface area contributed by atoms with Crippen LogP contribution in [-0.4, -0.2) is 30.6 Å². The van der Waals surface area contributed by atoms with E-state index in [0.717, 1.165) is 12.8 Å². The number of carbonyl (C=O) groups excluding carboxylic acids is 1. The molecule has 0 spiro atoms. The average molecular weight is 223 g/mol. The number of nitrogens with one attached hydrogen (secondary N) is 1. The van der Waals surface area contributed by atoms with Gasteiger partial charge in [0.1, 0.15) is 0 Å². The molecule has 0 bridgehead atoms. The van der Waals surface area contributed by atoms with Crippen LogP contribution in [0.15, 0.2) is 0 Å². The number of nitriles is 1. The summed E-state index contributed by atoms with van der Waals surface area (Å²) in [5.41, 5.74) is 0. The Labute approximate surface area is 97.6 Å². The summed E-state index contributed by atoms with van der Waals surface area (Å²) in [6.07, 6.45) is 5.89. The molecule has 2 amide bonds. The number of nitrogens with zero attached hydrogens (tertiary/aromatic N) is 2. The predicted octanol–water partition coefficient (Wildman–Crippen LogP) is 2.12. The molecule has 4 nitrogen and oxygen atoms in total. The van der Waals surface area contributed by atoms with Crippen LogP contribution in [0.25, 0.3) is 0 Å². The number of amides is 2. The van der Waals surface area contributed by atoms with Gasteiger partial charge in [-0.3, -0.25) is 0 Å². The first-order valence-corrected chi connectivity index (χ1v) is 6.04. The fraction of sp³-hybridized carbons (Fsp3) is 0.833. The van der Waals surface area contributed by atoms with Gasteiger partial charge in [0.15, 0.2) is 0 Å². The summed E-state index contributed by atoms with van der Waals surface area (Å²) in [5.74, 6) is -0.109. The SMILES string of the molecule is CC(C#N)CN(C)C(=O)NC1CCCCC1. The summed E-state index contributed by atoms with van der Waals surface area (Å²) in [6.45, 7) is 2.32. The van der Waals surface area contributed by atoms with E-state index < -0.39 is 0 Å². The maximum atomic E-state index is 11.8. The van der Waals surface area contributed by atoms with Crippen molar-refractivity contribution < 1.29 is 4.79 Å². The Morgan fingerprint density at radius 2 is 2.12 bits per heavy atom. The first-order chi connectivity index (χ1) is 7.63. The molecule has 0 aliphatic heterocycles. The van der Waals surface area contributed by atoms with Gasteiger partial charge in [0.05, 0.1) is 12.0 Å². The van der Waals surface area contributed by atoms with Gasteiger partial charge in [-0.25, -0.2) is 4.79 Å². The Morgan fingerprint density at radius 1 is 1.50 bits per heavy atom. The molecule has 0 radical (unpaired) electrons. The minimum absolute atomic E-state index is 0.0472. The van der Waals surface area contributed by atoms with Crippen LogP contribution in [0.3, 0.4) is 0 Å². The largest absolute Gasteiger partial charge is 0.335 e. The molecule has 1 aliphatic carbocycles. The minimum atomic E-state index is -0.109. The fourth-order valence-corrected chi connectivity index (χ4v) is 2.07. The van der Waals surface area contributed by atoms with Crippen LogP contribution in [-0.2, 0) is 0 Å². The average Bonchev–Trinajstić information content (AvgIpc) is 2.30. The summed E-state index contributed by atoms with van der Waals surface area (Å²) in [7, 11) is 1.74. The molecule has 4 heteroatoms. The Hall–Kier alpha value is -1.24. The molecule has 1 N–H and O–H groups in total. The third-order valence-corrected chi connectivity index (χ3v) is 3.05. The Balaban J connectivity index is 2.30. The molecular formula is C12H21N3O. The van der Waals surface area contributed by atoms with Gasteiger partial charge >= 0.3 is 6.03 Å². The monoisotopic (exact) mass is 223 g/mol.